The van der Waals surface area contributed by atoms with E-state index in [0.717, 1.165) is 0 Å². The third-order valence-electron chi connectivity index (χ3n) is 3.83. The van der Waals surface area contributed by atoms with E-state index >= 15 is 0 Å². The molecule has 0 N–H and O–H groups in total. The zero-order chi connectivity index (χ0) is 16.6. The van der Waals surface area contributed by atoms with Crippen molar-refractivity contribution in [1.29, 1.82) is 0 Å². The van der Waals surface area contributed by atoms with Crippen molar-refractivity contribution in [2.45, 2.75) is 13.1 Å². The van der Waals surface area contributed by atoms with E-state index in [4.69, 9.17) is 16.3 Å². The van der Waals surface area contributed by atoms with E-state index in [1.807, 2.05) is 0 Å². The minimum Gasteiger partial charge on any atom is -0.465 e. The number of esters is 1. The Morgan fingerprint density at radius 2 is 2.04 bits per heavy atom. The summed E-state index contributed by atoms with van der Waals surface area (Å²) >= 11 is 6.02. The maximum Gasteiger partial charge on any atom is 0.338 e. The number of carbonyl (C=O) groups is 2. The Bertz CT molecular complexity index is 786. The molecule has 4 nitrogen and oxygen atoms in total. The molecule has 0 fully saturated rings. The number of halogens is 2. The predicted molar refractivity (Wildman–Crippen MR) is 82.8 cm³/mol. The molecule has 0 bridgehead atoms. The molecular formula is C17H13ClFNO3. The Morgan fingerprint density at radius 3 is 2.74 bits per heavy atom. The number of methoxy groups -OCH3 is 1. The van der Waals surface area contributed by atoms with E-state index in [1.165, 1.54) is 24.1 Å². The number of hydrogen-bond donors (Lipinski definition) is 0. The number of rotatable bonds is 3. The Labute approximate surface area is 137 Å². The number of benzene rings is 2. The van der Waals surface area contributed by atoms with Crippen LogP contribution in [0.25, 0.3) is 0 Å². The van der Waals surface area contributed by atoms with Crippen molar-refractivity contribution in [2.24, 2.45) is 0 Å². The molecule has 1 amide bonds. The lowest BCUT2D eigenvalue weighted by Gasteiger charge is -2.17. The normalized spacial score (nSPS) is 13.2. The summed E-state index contributed by atoms with van der Waals surface area (Å²) in [5, 5.41) is 0.266. The molecule has 0 unspecified atom stereocenters. The summed E-state index contributed by atoms with van der Waals surface area (Å²) in [6.45, 7) is 0.337. The highest BCUT2D eigenvalue weighted by Crippen LogP contribution is 2.30. The summed E-state index contributed by atoms with van der Waals surface area (Å²) in [6, 6.07) is 9.39. The smallest absolute Gasteiger partial charge is 0.338 e. The molecule has 0 aliphatic carbocycles. The molecule has 1 aliphatic rings. The van der Waals surface area contributed by atoms with E-state index in [0.29, 0.717) is 17.7 Å². The van der Waals surface area contributed by atoms with Crippen molar-refractivity contribution >= 4 is 23.5 Å². The quantitative estimate of drug-likeness (QED) is 0.809. The zero-order valence-electron chi connectivity index (χ0n) is 12.3. The van der Waals surface area contributed by atoms with Crippen LogP contribution in [0.5, 0.6) is 0 Å². The maximum absolute atomic E-state index is 13.9. The molecule has 0 atom stereocenters. The summed E-state index contributed by atoms with van der Waals surface area (Å²) in [7, 11) is 1.26. The predicted octanol–water partition coefficient (Wildman–Crippen LogP) is 3.42. The second-order valence-corrected chi connectivity index (χ2v) is 5.60. The standard InChI is InChI=1S/C17H13ClFNO3/c1-23-17(22)11-5-2-4-10-8-20(16(21)15(10)11)9-12-13(18)6-3-7-14(12)19/h2-7H,8-9H2,1H3. The fourth-order valence-corrected chi connectivity index (χ4v) is 2.92. The van der Waals surface area contributed by atoms with E-state index < -0.39 is 11.8 Å². The summed E-state index contributed by atoms with van der Waals surface area (Å²) in [5.74, 6) is -1.37. The topological polar surface area (TPSA) is 46.6 Å². The van der Waals surface area contributed by atoms with Gasteiger partial charge in [-0.1, -0.05) is 29.8 Å². The van der Waals surface area contributed by atoms with Gasteiger partial charge in [0.05, 0.1) is 24.8 Å². The van der Waals surface area contributed by atoms with Crippen LogP contribution in [-0.2, 0) is 17.8 Å². The van der Waals surface area contributed by atoms with Gasteiger partial charge in [-0.2, -0.15) is 0 Å². The molecule has 0 aromatic heterocycles. The van der Waals surface area contributed by atoms with Crippen LogP contribution in [-0.4, -0.2) is 23.9 Å². The van der Waals surface area contributed by atoms with Crippen LogP contribution in [0.2, 0.25) is 5.02 Å². The van der Waals surface area contributed by atoms with E-state index in [2.05, 4.69) is 0 Å². The van der Waals surface area contributed by atoms with Gasteiger partial charge in [-0.25, -0.2) is 9.18 Å². The van der Waals surface area contributed by atoms with Gasteiger partial charge >= 0.3 is 5.97 Å². The van der Waals surface area contributed by atoms with Crippen LogP contribution in [0.15, 0.2) is 36.4 Å². The molecule has 0 saturated carbocycles. The summed E-state index contributed by atoms with van der Waals surface area (Å²) in [6.07, 6.45) is 0. The third kappa shape index (κ3) is 2.68. The highest BCUT2D eigenvalue weighted by molar-refractivity contribution is 6.31. The van der Waals surface area contributed by atoms with Gasteiger partial charge in [0.2, 0.25) is 0 Å². The Balaban J connectivity index is 1.94. The highest BCUT2D eigenvalue weighted by atomic mass is 35.5. The minimum absolute atomic E-state index is 0.0413. The first kappa shape index (κ1) is 15.5. The summed E-state index contributed by atoms with van der Waals surface area (Å²) in [5.41, 5.74) is 1.50. The number of nitrogens with zero attached hydrogens (tertiary/aromatic N) is 1. The molecule has 2 aromatic carbocycles. The SMILES string of the molecule is COC(=O)c1cccc2c1C(=O)N(Cc1c(F)cccc1Cl)C2. The molecule has 2 aromatic rings. The summed E-state index contributed by atoms with van der Waals surface area (Å²) < 4.78 is 18.6. The third-order valence-corrected chi connectivity index (χ3v) is 4.18. The zero-order valence-corrected chi connectivity index (χ0v) is 13.1. The number of ether oxygens (including phenoxy) is 1. The molecule has 1 aliphatic heterocycles. The van der Waals surface area contributed by atoms with Crippen molar-refractivity contribution in [3.05, 3.63) is 69.5 Å². The molecule has 0 spiro atoms. The molecule has 1 heterocycles. The van der Waals surface area contributed by atoms with Gasteiger partial charge in [0.1, 0.15) is 5.82 Å². The highest BCUT2D eigenvalue weighted by Gasteiger charge is 2.32. The van der Waals surface area contributed by atoms with Crippen molar-refractivity contribution in [1.82, 2.24) is 4.90 Å². The van der Waals surface area contributed by atoms with Crippen LogP contribution in [0.3, 0.4) is 0 Å². The van der Waals surface area contributed by atoms with Crippen LogP contribution in [0, 0.1) is 5.82 Å². The Morgan fingerprint density at radius 1 is 1.30 bits per heavy atom. The average molecular weight is 334 g/mol. The van der Waals surface area contributed by atoms with Gasteiger partial charge in [-0.05, 0) is 23.8 Å². The van der Waals surface area contributed by atoms with Gasteiger partial charge in [0, 0.05) is 17.1 Å². The molecular weight excluding hydrogens is 321 g/mol. The lowest BCUT2D eigenvalue weighted by Crippen LogP contribution is -2.25. The van der Waals surface area contributed by atoms with E-state index in [1.54, 1.807) is 24.3 Å². The Kier molecular flexibility index (Phi) is 4.05. The fourth-order valence-electron chi connectivity index (χ4n) is 2.70. The van der Waals surface area contributed by atoms with Crippen molar-refractivity contribution < 1.29 is 18.7 Å². The van der Waals surface area contributed by atoms with Crippen LogP contribution in [0.4, 0.5) is 4.39 Å². The monoisotopic (exact) mass is 333 g/mol. The first-order valence-corrected chi connectivity index (χ1v) is 7.33. The minimum atomic E-state index is -0.569. The van der Waals surface area contributed by atoms with Crippen molar-refractivity contribution in [3.63, 3.8) is 0 Å². The number of hydrogen-bond acceptors (Lipinski definition) is 3. The average Bonchev–Trinajstić information content (AvgIpc) is 2.86. The van der Waals surface area contributed by atoms with E-state index in [9.17, 15) is 14.0 Å². The number of carbonyl (C=O) groups excluding carboxylic acids is 2. The fraction of sp³-hybridized carbons (Fsp3) is 0.176. The van der Waals surface area contributed by atoms with Gasteiger partial charge in [-0.15, -0.1) is 0 Å². The second-order valence-electron chi connectivity index (χ2n) is 5.19. The first-order valence-electron chi connectivity index (χ1n) is 6.95. The molecule has 118 valence electrons. The van der Waals surface area contributed by atoms with Crippen LogP contribution in [0.1, 0.15) is 31.8 Å². The lowest BCUT2D eigenvalue weighted by atomic mass is 10.0. The van der Waals surface area contributed by atoms with Gasteiger partial charge < -0.3 is 9.64 Å². The van der Waals surface area contributed by atoms with Crippen LogP contribution >= 0.6 is 11.6 Å². The molecule has 0 saturated heterocycles. The van der Waals surface area contributed by atoms with Gasteiger partial charge in [0.25, 0.3) is 5.91 Å². The van der Waals surface area contributed by atoms with Crippen molar-refractivity contribution in [3.8, 4) is 0 Å². The lowest BCUT2D eigenvalue weighted by molar-refractivity contribution is 0.0593. The summed E-state index contributed by atoms with van der Waals surface area (Å²) in [4.78, 5) is 25.9. The molecule has 0 radical (unpaired) electrons. The Hall–Kier alpha value is -2.40. The number of fused-ring (bicyclic) bond motifs is 1. The molecule has 6 heteroatoms. The van der Waals surface area contributed by atoms with Gasteiger partial charge in [0.15, 0.2) is 0 Å². The molecule has 3 rings (SSSR count). The first-order chi connectivity index (χ1) is 11.0. The van der Waals surface area contributed by atoms with Crippen molar-refractivity contribution in [2.75, 3.05) is 7.11 Å². The second kappa shape index (κ2) is 6.01. The maximum atomic E-state index is 13.9. The molecule has 23 heavy (non-hydrogen) atoms. The largest absolute Gasteiger partial charge is 0.465 e. The van der Waals surface area contributed by atoms with E-state index in [-0.39, 0.29) is 28.6 Å². The number of amides is 1. The van der Waals surface area contributed by atoms with Crippen LogP contribution < -0.4 is 0 Å². The van der Waals surface area contributed by atoms with Gasteiger partial charge in [-0.3, -0.25) is 4.79 Å².